The number of nitrogens with zero attached hydrogens (tertiary/aromatic N) is 2. The summed E-state index contributed by atoms with van der Waals surface area (Å²) in [5.41, 5.74) is 4.55. The summed E-state index contributed by atoms with van der Waals surface area (Å²) in [5, 5.41) is 17.1. The Bertz CT molecular complexity index is 873. The van der Waals surface area contributed by atoms with Crippen LogP contribution in [0.15, 0.2) is 60.7 Å². The molecule has 2 N–H and O–H groups in total. The maximum atomic E-state index is 12.5. The average Bonchev–Trinajstić information content (AvgIpc) is 2.95. The third-order valence-corrected chi connectivity index (χ3v) is 4.50. The van der Waals surface area contributed by atoms with E-state index < -0.39 is 6.04 Å². The summed E-state index contributed by atoms with van der Waals surface area (Å²) in [6, 6.07) is 18.9. The molecule has 0 aliphatic rings. The van der Waals surface area contributed by atoms with Crippen molar-refractivity contribution in [3.63, 3.8) is 0 Å². The van der Waals surface area contributed by atoms with Crippen molar-refractivity contribution >= 4 is 5.91 Å². The van der Waals surface area contributed by atoms with Gasteiger partial charge in [-0.25, -0.2) is 4.68 Å². The maximum Gasteiger partial charge on any atom is 0.225 e. The van der Waals surface area contributed by atoms with Gasteiger partial charge in [-0.1, -0.05) is 48.5 Å². The standard InChI is InChI=1S/C21H23N3O2/c1-15-19(16(2)24(23-15)18-11-7-4-8-12-18)13-21(26)22-20(14-25)17-9-5-3-6-10-17/h3-12,20,25H,13-14H2,1-2H3,(H,22,26)/t20-/m0/s1. The fraction of sp³-hybridized carbons (Fsp3) is 0.238. The predicted octanol–water partition coefficient (Wildman–Crippen LogP) is 2.88. The van der Waals surface area contributed by atoms with Crippen molar-refractivity contribution in [3.8, 4) is 5.69 Å². The number of aliphatic hydroxyl groups is 1. The lowest BCUT2D eigenvalue weighted by molar-refractivity contribution is -0.121. The van der Waals surface area contributed by atoms with E-state index in [2.05, 4.69) is 10.4 Å². The summed E-state index contributed by atoms with van der Waals surface area (Å²) in [7, 11) is 0. The molecule has 3 rings (SSSR count). The molecule has 0 saturated carbocycles. The van der Waals surface area contributed by atoms with Crippen molar-refractivity contribution in [3.05, 3.63) is 83.2 Å². The number of carbonyl (C=O) groups excluding carboxylic acids is 1. The fourth-order valence-electron chi connectivity index (χ4n) is 3.08. The van der Waals surface area contributed by atoms with Gasteiger partial charge in [-0.2, -0.15) is 5.10 Å². The quantitative estimate of drug-likeness (QED) is 0.719. The Balaban J connectivity index is 1.76. The largest absolute Gasteiger partial charge is 0.394 e. The zero-order valence-electron chi connectivity index (χ0n) is 15.0. The number of aliphatic hydroxyl groups excluding tert-OH is 1. The zero-order chi connectivity index (χ0) is 18.5. The van der Waals surface area contributed by atoms with Gasteiger partial charge >= 0.3 is 0 Å². The third-order valence-electron chi connectivity index (χ3n) is 4.50. The summed E-state index contributed by atoms with van der Waals surface area (Å²) in [4.78, 5) is 12.5. The highest BCUT2D eigenvalue weighted by atomic mass is 16.3. The summed E-state index contributed by atoms with van der Waals surface area (Å²) >= 11 is 0. The van der Waals surface area contributed by atoms with E-state index in [9.17, 15) is 9.90 Å². The molecule has 1 atom stereocenters. The van der Waals surface area contributed by atoms with Crippen LogP contribution in [-0.4, -0.2) is 27.4 Å². The minimum atomic E-state index is -0.409. The molecule has 134 valence electrons. The number of hydrogen-bond donors (Lipinski definition) is 2. The van der Waals surface area contributed by atoms with Gasteiger partial charge in [0.15, 0.2) is 0 Å². The van der Waals surface area contributed by atoms with Crippen LogP contribution in [0.1, 0.15) is 28.6 Å². The molecule has 1 aromatic heterocycles. The first-order chi connectivity index (χ1) is 12.6. The van der Waals surface area contributed by atoms with Gasteiger partial charge in [0.05, 0.1) is 30.5 Å². The van der Waals surface area contributed by atoms with E-state index >= 15 is 0 Å². The lowest BCUT2D eigenvalue weighted by atomic mass is 10.1. The Kier molecular flexibility index (Phi) is 5.49. The molecule has 5 heteroatoms. The summed E-state index contributed by atoms with van der Waals surface area (Å²) in [6.45, 7) is 3.74. The van der Waals surface area contributed by atoms with Crippen LogP contribution in [0.5, 0.6) is 0 Å². The molecule has 0 aliphatic heterocycles. The minimum Gasteiger partial charge on any atom is -0.394 e. The molecule has 0 spiro atoms. The molecule has 2 aromatic carbocycles. The number of nitrogens with one attached hydrogen (secondary N) is 1. The highest BCUT2D eigenvalue weighted by Gasteiger charge is 2.18. The monoisotopic (exact) mass is 349 g/mol. The van der Waals surface area contributed by atoms with Gasteiger partial charge < -0.3 is 10.4 Å². The summed E-state index contributed by atoms with van der Waals surface area (Å²) in [6.07, 6.45) is 0.230. The molecule has 0 fully saturated rings. The maximum absolute atomic E-state index is 12.5. The highest BCUT2D eigenvalue weighted by Crippen LogP contribution is 2.19. The normalized spacial score (nSPS) is 12.0. The van der Waals surface area contributed by atoms with Crippen molar-refractivity contribution in [2.45, 2.75) is 26.3 Å². The van der Waals surface area contributed by atoms with Crippen LogP contribution in [-0.2, 0) is 11.2 Å². The first-order valence-corrected chi connectivity index (χ1v) is 8.66. The summed E-state index contributed by atoms with van der Waals surface area (Å²) in [5.74, 6) is -0.133. The number of para-hydroxylation sites is 1. The SMILES string of the molecule is Cc1nn(-c2ccccc2)c(C)c1CC(=O)N[C@@H](CO)c1ccccc1. The highest BCUT2D eigenvalue weighted by molar-refractivity contribution is 5.79. The number of rotatable bonds is 6. The lowest BCUT2D eigenvalue weighted by Crippen LogP contribution is -2.32. The molecule has 1 heterocycles. The van der Waals surface area contributed by atoms with Gasteiger partial charge in [-0.3, -0.25) is 4.79 Å². The second-order valence-electron chi connectivity index (χ2n) is 6.29. The van der Waals surface area contributed by atoms with Crippen molar-refractivity contribution in [1.29, 1.82) is 0 Å². The van der Waals surface area contributed by atoms with E-state index in [1.54, 1.807) is 0 Å². The van der Waals surface area contributed by atoms with Crippen molar-refractivity contribution in [2.75, 3.05) is 6.61 Å². The number of carbonyl (C=O) groups is 1. The topological polar surface area (TPSA) is 67.2 Å². The van der Waals surface area contributed by atoms with E-state index in [0.29, 0.717) is 0 Å². The summed E-state index contributed by atoms with van der Waals surface area (Å²) < 4.78 is 1.86. The Hall–Kier alpha value is -2.92. The number of amides is 1. The number of aromatic nitrogens is 2. The number of benzene rings is 2. The molecule has 5 nitrogen and oxygen atoms in total. The molecule has 26 heavy (non-hydrogen) atoms. The van der Waals surface area contributed by atoms with Crippen LogP contribution in [0, 0.1) is 13.8 Å². The molecular weight excluding hydrogens is 326 g/mol. The van der Waals surface area contributed by atoms with Gasteiger partial charge in [0, 0.05) is 11.3 Å². The smallest absolute Gasteiger partial charge is 0.225 e. The third kappa shape index (κ3) is 3.83. The molecule has 0 saturated heterocycles. The van der Waals surface area contributed by atoms with Crippen LogP contribution in [0.4, 0.5) is 0 Å². The Morgan fingerprint density at radius 3 is 2.31 bits per heavy atom. The van der Waals surface area contributed by atoms with Crippen LogP contribution in [0.2, 0.25) is 0 Å². The van der Waals surface area contributed by atoms with Crippen LogP contribution in [0.3, 0.4) is 0 Å². The van der Waals surface area contributed by atoms with Gasteiger partial charge in [0.2, 0.25) is 5.91 Å². The van der Waals surface area contributed by atoms with Crippen molar-refractivity contribution < 1.29 is 9.90 Å². The Morgan fingerprint density at radius 1 is 1.08 bits per heavy atom. The molecule has 0 aliphatic carbocycles. The molecular formula is C21H23N3O2. The Morgan fingerprint density at radius 2 is 1.69 bits per heavy atom. The second kappa shape index (κ2) is 7.97. The van der Waals surface area contributed by atoms with Crippen LogP contribution < -0.4 is 5.32 Å². The fourth-order valence-corrected chi connectivity index (χ4v) is 3.08. The van der Waals surface area contributed by atoms with Crippen molar-refractivity contribution in [2.24, 2.45) is 0 Å². The first-order valence-electron chi connectivity index (χ1n) is 8.66. The van der Waals surface area contributed by atoms with Gasteiger partial charge in [-0.05, 0) is 31.5 Å². The molecule has 1 amide bonds. The molecule has 0 unspecified atom stereocenters. The van der Waals surface area contributed by atoms with Crippen LogP contribution in [0.25, 0.3) is 5.69 Å². The molecule has 0 bridgehead atoms. The van der Waals surface area contributed by atoms with E-state index in [-0.39, 0.29) is 18.9 Å². The number of hydrogen-bond acceptors (Lipinski definition) is 3. The molecule has 0 radical (unpaired) electrons. The average molecular weight is 349 g/mol. The van der Waals surface area contributed by atoms with E-state index in [1.165, 1.54) is 0 Å². The number of aryl methyl sites for hydroxylation is 1. The van der Waals surface area contributed by atoms with Crippen LogP contribution >= 0.6 is 0 Å². The van der Waals surface area contributed by atoms with Gasteiger partial charge in [-0.15, -0.1) is 0 Å². The Labute approximate surface area is 153 Å². The van der Waals surface area contributed by atoms with E-state index in [0.717, 1.165) is 28.2 Å². The van der Waals surface area contributed by atoms with Gasteiger partial charge in [0.1, 0.15) is 0 Å². The van der Waals surface area contributed by atoms with Gasteiger partial charge in [0.25, 0.3) is 0 Å². The second-order valence-corrected chi connectivity index (χ2v) is 6.29. The first kappa shape index (κ1) is 17.9. The molecule has 3 aromatic rings. The van der Waals surface area contributed by atoms with E-state index in [4.69, 9.17) is 0 Å². The van der Waals surface area contributed by atoms with E-state index in [1.807, 2.05) is 79.2 Å². The minimum absolute atomic E-state index is 0.133. The lowest BCUT2D eigenvalue weighted by Gasteiger charge is -2.16. The predicted molar refractivity (Wildman–Crippen MR) is 101 cm³/mol. The zero-order valence-corrected chi connectivity index (χ0v) is 15.0. The van der Waals surface area contributed by atoms with Crippen molar-refractivity contribution in [1.82, 2.24) is 15.1 Å².